The monoisotopic (exact) mass is 608 g/mol. The molecule has 9 heteroatoms. The molecule has 222 valence electrons. The standard InChI is InChI=1S/C35H29FN2O5S/c1-42-35(39)29-10-6-5-9-28(29)33-30-22-31-24(15-18-37(31)44(40,41)27-7-3-2-4-8-27)21-32(30)38(26-13-11-25(36)12-14-26)34(33)23-16-19-43-20-17-23/h2-15,18,21-23H,16-17,19-20H2,1H3. The first-order valence-electron chi connectivity index (χ1n) is 14.4. The zero-order valence-corrected chi connectivity index (χ0v) is 24.8. The van der Waals surface area contributed by atoms with Crippen LogP contribution in [0.3, 0.4) is 0 Å². The fourth-order valence-corrected chi connectivity index (χ4v) is 7.69. The largest absolute Gasteiger partial charge is 0.465 e. The maximum Gasteiger partial charge on any atom is 0.338 e. The highest BCUT2D eigenvalue weighted by Crippen LogP contribution is 2.46. The van der Waals surface area contributed by atoms with E-state index in [0.29, 0.717) is 29.9 Å². The molecule has 0 N–H and O–H groups in total. The summed E-state index contributed by atoms with van der Waals surface area (Å²) < 4.78 is 56.1. The molecular formula is C35H29FN2O5S. The lowest BCUT2D eigenvalue weighted by Crippen LogP contribution is -2.18. The smallest absolute Gasteiger partial charge is 0.338 e. The van der Waals surface area contributed by atoms with Gasteiger partial charge in [0, 0.05) is 53.0 Å². The second-order valence-electron chi connectivity index (χ2n) is 10.9. The van der Waals surface area contributed by atoms with Crippen LogP contribution in [-0.4, -0.2) is 43.3 Å². The maximum absolute atomic E-state index is 14.1. The van der Waals surface area contributed by atoms with E-state index in [9.17, 15) is 17.6 Å². The van der Waals surface area contributed by atoms with Crippen LogP contribution in [0.1, 0.15) is 34.8 Å². The van der Waals surface area contributed by atoms with Crippen molar-refractivity contribution in [1.82, 2.24) is 8.54 Å². The van der Waals surface area contributed by atoms with E-state index >= 15 is 0 Å². The lowest BCUT2D eigenvalue weighted by atomic mass is 9.88. The normalized spacial score (nSPS) is 14.3. The summed E-state index contributed by atoms with van der Waals surface area (Å²) in [5.74, 6) is -0.770. The Labute approximate surface area is 254 Å². The van der Waals surface area contributed by atoms with E-state index in [1.54, 1.807) is 66.9 Å². The van der Waals surface area contributed by atoms with Crippen molar-refractivity contribution < 1.29 is 27.1 Å². The minimum atomic E-state index is -3.90. The third-order valence-corrected chi connectivity index (χ3v) is 10.1. The van der Waals surface area contributed by atoms with Gasteiger partial charge in [-0.05, 0) is 79.1 Å². The van der Waals surface area contributed by atoms with Crippen LogP contribution in [0.4, 0.5) is 4.39 Å². The minimum absolute atomic E-state index is 0.0523. The van der Waals surface area contributed by atoms with Gasteiger partial charge in [-0.1, -0.05) is 36.4 Å². The van der Waals surface area contributed by atoms with E-state index in [4.69, 9.17) is 9.47 Å². The van der Waals surface area contributed by atoms with Crippen LogP contribution in [0.5, 0.6) is 0 Å². The fourth-order valence-electron chi connectivity index (χ4n) is 6.32. The predicted molar refractivity (Wildman–Crippen MR) is 167 cm³/mol. The van der Waals surface area contributed by atoms with E-state index in [1.165, 1.54) is 23.2 Å². The number of hydrogen-bond donors (Lipinski definition) is 0. The summed E-state index contributed by atoms with van der Waals surface area (Å²) in [6, 6.07) is 27.6. The topological polar surface area (TPSA) is 79.5 Å². The number of nitrogens with zero attached hydrogens (tertiary/aromatic N) is 2. The summed E-state index contributed by atoms with van der Waals surface area (Å²) in [4.78, 5) is 13.3. The summed E-state index contributed by atoms with van der Waals surface area (Å²) in [6.07, 6.45) is 3.06. The number of halogens is 1. The van der Waals surface area contributed by atoms with Gasteiger partial charge < -0.3 is 14.0 Å². The lowest BCUT2D eigenvalue weighted by molar-refractivity contribution is 0.0601. The zero-order chi connectivity index (χ0) is 30.4. The SMILES string of the molecule is COC(=O)c1ccccc1-c1c(C2CCOCC2)n(-c2ccc(F)cc2)c2cc3ccn(S(=O)(=O)c4ccccc4)c3cc12. The van der Waals surface area contributed by atoms with Gasteiger partial charge in [0.2, 0.25) is 0 Å². The molecule has 0 aliphatic carbocycles. The van der Waals surface area contributed by atoms with Gasteiger partial charge in [-0.25, -0.2) is 21.6 Å². The number of methoxy groups -OCH3 is 1. The number of hydrogen-bond acceptors (Lipinski definition) is 5. The molecule has 0 atom stereocenters. The molecule has 0 radical (unpaired) electrons. The Bertz CT molecular complexity index is 2130. The first kappa shape index (κ1) is 28.1. The van der Waals surface area contributed by atoms with Crippen molar-refractivity contribution in [2.24, 2.45) is 0 Å². The Morgan fingerprint density at radius 2 is 1.59 bits per heavy atom. The van der Waals surface area contributed by atoms with Gasteiger partial charge in [-0.3, -0.25) is 0 Å². The molecule has 0 saturated carbocycles. The Balaban J connectivity index is 1.62. The third kappa shape index (κ3) is 4.60. The van der Waals surface area contributed by atoms with Crippen molar-refractivity contribution in [2.75, 3.05) is 20.3 Å². The Kier molecular flexibility index (Phi) is 7.07. The number of carbonyl (C=O) groups is 1. The van der Waals surface area contributed by atoms with Gasteiger partial charge in [-0.15, -0.1) is 0 Å². The van der Waals surface area contributed by atoms with Crippen LogP contribution in [0, 0.1) is 5.82 Å². The molecule has 7 nitrogen and oxygen atoms in total. The van der Waals surface area contributed by atoms with E-state index in [2.05, 4.69) is 4.57 Å². The van der Waals surface area contributed by atoms with Gasteiger partial charge in [0.1, 0.15) is 5.82 Å². The van der Waals surface area contributed by atoms with Crippen LogP contribution < -0.4 is 0 Å². The predicted octanol–water partition coefficient (Wildman–Crippen LogP) is 7.31. The average Bonchev–Trinajstić information content (AvgIpc) is 3.63. The van der Waals surface area contributed by atoms with Gasteiger partial charge in [0.05, 0.1) is 28.6 Å². The maximum atomic E-state index is 14.1. The second-order valence-corrected chi connectivity index (χ2v) is 12.7. The molecule has 1 fully saturated rings. The second kappa shape index (κ2) is 11.1. The van der Waals surface area contributed by atoms with E-state index in [-0.39, 0.29) is 16.6 Å². The van der Waals surface area contributed by atoms with Crippen molar-refractivity contribution in [3.8, 4) is 16.8 Å². The molecular weight excluding hydrogens is 579 g/mol. The van der Waals surface area contributed by atoms with Crippen molar-refractivity contribution >= 4 is 37.8 Å². The number of esters is 1. The highest BCUT2D eigenvalue weighted by molar-refractivity contribution is 7.90. The number of carbonyl (C=O) groups excluding carboxylic acids is 1. The van der Waals surface area contributed by atoms with Crippen LogP contribution in [0.2, 0.25) is 0 Å². The molecule has 0 bridgehead atoms. The van der Waals surface area contributed by atoms with Crippen LogP contribution in [0.25, 0.3) is 38.6 Å². The molecule has 4 aromatic carbocycles. The van der Waals surface area contributed by atoms with Crippen LogP contribution in [0.15, 0.2) is 108 Å². The zero-order valence-electron chi connectivity index (χ0n) is 23.9. The summed E-state index contributed by atoms with van der Waals surface area (Å²) >= 11 is 0. The highest BCUT2D eigenvalue weighted by atomic mass is 32.2. The molecule has 44 heavy (non-hydrogen) atoms. The van der Waals surface area contributed by atoms with E-state index < -0.39 is 16.0 Å². The number of fused-ring (bicyclic) bond motifs is 2. The third-order valence-electron chi connectivity index (χ3n) is 8.37. The van der Waals surface area contributed by atoms with Gasteiger partial charge >= 0.3 is 5.97 Å². The number of benzene rings is 4. The van der Waals surface area contributed by atoms with Gasteiger partial charge in [-0.2, -0.15) is 0 Å². The molecule has 1 aliphatic rings. The summed E-state index contributed by atoms with van der Waals surface area (Å²) in [5.41, 5.74) is 4.92. The molecule has 3 heterocycles. The average molecular weight is 609 g/mol. The first-order valence-corrected chi connectivity index (χ1v) is 15.8. The highest BCUT2D eigenvalue weighted by Gasteiger charge is 2.31. The van der Waals surface area contributed by atoms with Crippen molar-refractivity contribution in [2.45, 2.75) is 23.7 Å². The van der Waals surface area contributed by atoms with Crippen molar-refractivity contribution in [3.63, 3.8) is 0 Å². The fraction of sp³-hybridized carbons (Fsp3) is 0.171. The minimum Gasteiger partial charge on any atom is -0.465 e. The molecule has 0 amide bonds. The molecule has 1 saturated heterocycles. The lowest BCUT2D eigenvalue weighted by Gasteiger charge is -2.26. The quantitative estimate of drug-likeness (QED) is 0.185. The molecule has 1 aliphatic heterocycles. The molecule has 6 aromatic rings. The van der Waals surface area contributed by atoms with Crippen LogP contribution >= 0.6 is 0 Å². The molecule has 0 spiro atoms. The molecule has 7 rings (SSSR count). The first-order chi connectivity index (χ1) is 21.4. The summed E-state index contributed by atoms with van der Waals surface area (Å²) in [5, 5.41) is 1.49. The summed E-state index contributed by atoms with van der Waals surface area (Å²) in [6.45, 7) is 1.16. The summed E-state index contributed by atoms with van der Waals surface area (Å²) in [7, 11) is -2.54. The molecule has 2 aromatic heterocycles. The van der Waals surface area contributed by atoms with Gasteiger partial charge in [0.15, 0.2) is 0 Å². The Morgan fingerprint density at radius 1 is 0.886 bits per heavy atom. The van der Waals surface area contributed by atoms with Gasteiger partial charge in [0.25, 0.3) is 10.0 Å². The number of aromatic nitrogens is 2. The van der Waals surface area contributed by atoms with Crippen LogP contribution in [-0.2, 0) is 19.5 Å². The Morgan fingerprint density at radius 3 is 2.32 bits per heavy atom. The van der Waals surface area contributed by atoms with E-state index in [1.807, 2.05) is 24.3 Å². The van der Waals surface area contributed by atoms with E-state index in [0.717, 1.165) is 46.1 Å². The van der Waals surface area contributed by atoms with Crippen molar-refractivity contribution in [1.29, 1.82) is 0 Å². The Hall–Kier alpha value is -4.73. The number of ether oxygens (including phenoxy) is 2. The number of rotatable bonds is 6. The van der Waals surface area contributed by atoms with Crippen molar-refractivity contribution in [3.05, 3.63) is 120 Å². The molecule has 0 unspecified atom stereocenters.